The van der Waals surface area contributed by atoms with E-state index in [4.69, 9.17) is 9.47 Å². The molecule has 2 aromatic rings. The van der Waals surface area contributed by atoms with Crippen LogP contribution in [0, 0.1) is 3.57 Å². The summed E-state index contributed by atoms with van der Waals surface area (Å²) in [6, 6.07) is 11.6. The second-order valence-electron chi connectivity index (χ2n) is 6.22. The van der Waals surface area contributed by atoms with Crippen LogP contribution in [0.4, 0.5) is 0 Å². The van der Waals surface area contributed by atoms with E-state index in [0.29, 0.717) is 41.2 Å². The first-order valence-electron chi connectivity index (χ1n) is 8.93. The first-order chi connectivity index (χ1) is 14.0. The summed E-state index contributed by atoms with van der Waals surface area (Å²) >= 11 is 1.98. The molecule has 152 valence electrons. The number of phenols is 1. The Balaban J connectivity index is 1.47. The number of hydrogen-bond donors (Lipinski definition) is 2. The number of nitrogens with zero attached hydrogens (tertiary/aromatic N) is 2. The van der Waals surface area contributed by atoms with Gasteiger partial charge in [-0.2, -0.15) is 5.10 Å². The molecule has 2 N–H and O–H groups in total. The molecule has 0 unspecified atom stereocenters. The molecule has 2 amide bonds. The van der Waals surface area contributed by atoms with Crippen LogP contribution in [0.3, 0.4) is 0 Å². The number of amides is 2. The van der Waals surface area contributed by atoms with Gasteiger partial charge in [-0.1, -0.05) is 0 Å². The van der Waals surface area contributed by atoms with Gasteiger partial charge in [-0.25, -0.2) is 5.43 Å². The number of carbonyl (C=O) groups is 2. The number of morpholine rings is 1. The molecule has 1 aliphatic heterocycles. The fourth-order valence-electron chi connectivity index (χ4n) is 2.58. The van der Waals surface area contributed by atoms with E-state index in [1.807, 2.05) is 22.6 Å². The SMILES string of the molecule is O=C(N/N=C\c1ccc(OCC(=O)N2CCOCC2)cc1)c1ccc(I)c(O)c1. The van der Waals surface area contributed by atoms with Gasteiger partial charge in [0, 0.05) is 18.7 Å². The lowest BCUT2D eigenvalue weighted by Gasteiger charge is -2.26. The normalized spacial score (nSPS) is 14.0. The number of phenolic OH excluding ortho intramolecular Hbond substituents is 1. The summed E-state index contributed by atoms with van der Waals surface area (Å²) in [6.07, 6.45) is 1.49. The van der Waals surface area contributed by atoms with Crippen molar-refractivity contribution in [3.8, 4) is 11.5 Å². The van der Waals surface area contributed by atoms with E-state index in [1.165, 1.54) is 12.3 Å². The zero-order valence-electron chi connectivity index (χ0n) is 15.5. The van der Waals surface area contributed by atoms with Crippen molar-refractivity contribution in [2.75, 3.05) is 32.9 Å². The van der Waals surface area contributed by atoms with Gasteiger partial charge in [0.1, 0.15) is 11.5 Å². The fourth-order valence-corrected chi connectivity index (χ4v) is 2.92. The number of benzene rings is 2. The lowest BCUT2D eigenvalue weighted by Crippen LogP contribution is -2.42. The largest absolute Gasteiger partial charge is 0.507 e. The lowest BCUT2D eigenvalue weighted by atomic mass is 10.2. The number of halogens is 1. The summed E-state index contributed by atoms with van der Waals surface area (Å²) in [6.45, 7) is 2.27. The summed E-state index contributed by atoms with van der Waals surface area (Å²) in [5.74, 6) is 0.130. The number of rotatable bonds is 6. The highest BCUT2D eigenvalue weighted by Crippen LogP contribution is 2.20. The van der Waals surface area contributed by atoms with Crippen LogP contribution in [-0.2, 0) is 9.53 Å². The summed E-state index contributed by atoms with van der Waals surface area (Å²) in [5.41, 5.74) is 3.48. The molecule has 3 rings (SSSR count). The predicted molar refractivity (Wildman–Crippen MR) is 115 cm³/mol. The van der Waals surface area contributed by atoms with Gasteiger partial charge in [-0.05, 0) is 70.6 Å². The summed E-state index contributed by atoms with van der Waals surface area (Å²) in [5, 5.41) is 13.6. The number of aromatic hydroxyl groups is 1. The van der Waals surface area contributed by atoms with Crippen molar-refractivity contribution in [3.05, 3.63) is 57.2 Å². The predicted octanol–water partition coefficient (Wildman–Crippen LogP) is 2.00. The molecule has 0 aromatic heterocycles. The number of ether oxygens (including phenoxy) is 2. The minimum atomic E-state index is -0.422. The van der Waals surface area contributed by atoms with Crippen LogP contribution >= 0.6 is 22.6 Å². The Kier molecular flexibility index (Phi) is 7.42. The van der Waals surface area contributed by atoms with E-state index in [0.717, 1.165) is 5.56 Å². The van der Waals surface area contributed by atoms with Crippen molar-refractivity contribution >= 4 is 40.6 Å². The maximum absolute atomic E-state index is 12.1. The molecule has 1 saturated heterocycles. The zero-order chi connectivity index (χ0) is 20.6. The molecule has 0 saturated carbocycles. The number of nitrogens with one attached hydrogen (secondary N) is 1. The topological polar surface area (TPSA) is 100 Å². The Morgan fingerprint density at radius 2 is 1.93 bits per heavy atom. The van der Waals surface area contributed by atoms with Crippen LogP contribution in [0.25, 0.3) is 0 Å². The van der Waals surface area contributed by atoms with E-state index in [2.05, 4.69) is 10.5 Å². The molecule has 1 aliphatic rings. The molecule has 0 atom stereocenters. The second-order valence-corrected chi connectivity index (χ2v) is 7.38. The van der Waals surface area contributed by atoms with Crippen molar-refractivity contribution in [2.45, 2.75) is 0 Å². The molecule has 8 nitrogen and oxygen atoms in total. The van der Waals surface area contributed by atoms with Gasteiger partial charge in [0.15, 0.2) is 6.61 Å². The van der Waals surface area contributed by atoms with Crippen molar-refractivity contribution in [1.82, 2.24) is 10.3 Å². The zero-order valence-corrected chi connectivity index (χ0v) is 17.7. The molecular formula is C20H20IN3O5. The molecule has 1 heterocycles. The standard InChI is InChI=1S/C20H20IN3O5/c21-17-6-3-15(11-18(17)25)20(27)23-22-12-14-1-4-16(5-2-14)29-13-19(26)24-7-9-28-10-8-24/h1-6,11-12,25H,7-10,13H2,(H,23,27)/b22-12-. The Morgan fingerprint density at radius 3 is 2.62 bits per heavy atom. The van der Waals surface area contributed by atoms with Crippen molar-refractivity contribution in [2.24, 2.45) is 5.10 Å². The van der Waals surface area contributed by atoms with Crippen LogP contribution in [0.1, 0.15) is 15.9 Å². The highest BCUT2D eigenvalue weighted by Gasteiger charge is 2.17. The van der Waals surface area contributed by atoms with Crippen LogP contribution < -0.4 is 10.2 Å². The minimum Gasteiger partial charge on any atom is -0.507 e. The van der Waals surface area contributed by atoms with Gasteiger partial charge < -0.3 is 19.5 Å². The average molecular weight is 509 g/mol. The maximum Gasteiger partial charge on any atom is 0.271 e. The molecular weight excluding hydrogens is 489 g/mol. The Bertz CT molecular complexity index is 895. The quantitative estimate of drug-likeness (QED) is 0.353. The first-order valence-corrected chi connectivity index (χ1v) is 10.0. The summed E-state index contributed by atoms with van der Waals surface area (Å²) in [7, 11) is 0. The Morgan fingerprint density at radius 1 is 1.21 bits per heavy atom. The van der Waals surface area contributed by atoms with E-state index < -0.39 is 5.91 Å². The highest BCUT2D eigenvalue weighted by atomic mass is 127. The highest BCUT2D eigenvalue weighted by molar-refractivity contribution is 14.1. The third kappa shape index (κ3) is 6.16. The van der Waals surface area contributed by atoms with Crippen molar-refractivity contribution < 1.29 is 24.2 Å². The van der Waals surface area contributed by atoms with E-state index in [1.54, 1.807) is 41.3 Å². The van der Waals surface area contributed by atoms with Crippen LogP contribution in [-0.4, -0.2) is 60.9 Å². The fraction of sp³-hybridized carbons (Fsp3) is 0.250. The lowest BCUT2D eigenvalue weighted by molar-refractivity contribution is -0.137. The second kappa shape index (κ2) is 10.2. The van der Waals surface area contributed by atoms with E-state index >= 15 is 0 Å². The smallest absolute Gasteiger partial charge is 0.271 e. The van der Waals surface area contributed by atoms with E-state index in [-0.39, 0.29) is 18.3 Å². The Hall–Kier alpha value is -2.66. The number of carbonyl (C=O) groups excluding carboxylic acids is 2. The summed E-state index contributed by atoms with van der Waals surface area (Å²) < 4.78 is 11.4. The van der Waals surface area contributed by atoms with Crippen molar-refractivity contribution in [1.29, 1.82) is 0 Å². The minimum absolute atomic E-state index is 0.0215. The van der Waals surface area contributed by atoms with Crippen molar-refractivity contribution in [3.63, 3.8) is 0 Å². The molecule has 0 aliphatic carbocycles. The van der Waals surface area contributed by atoms with Crippen LogP contribution in [0.5, 0.6) is 11.5 Å². The molecule has 0 radical (unpaired) electrons. The summed E-state index contributed by atoms with van der Waals surface area (Å²) in [4.78, 5) is 25.8. The Labute approximate surface area is 181 Å². The van der Waals surface area contributed by atoms with Gasteiger partial charge in [0.05, 0.1) is 23.0 Å². The van der Waals surface area contributed by atoms with Gasteiger partial charge in [0.2, 0.25) is 0 Å². The van der Waals surface area contributed by atoms with Gasteiger partial charge in [0.25, 0.3) is 11.8 Å². The van der Waals surface area contributed by atoms with Gasteiger partial charge in [-0.3, -0.25) is 9.59 Å². The molecule has 2 aromatic carbocycles. The van der Waals surface area contributed by atoms with Gasteiger partial charge in [-0.15, -0.1) is 0 Å². The first kappa shape index (κ1) is 21.1. The van der Waals surface area contributed by atoms with Gasteiger partial charge >= 0.3 is 0 Å². The third-order valence-electron chi connectivity index (χ3n) is 4.19. The number of hydrogen-bond acceptors (Lipinski definition) is 6. The third-order valence-corrected chi connectivity index (χ3v) is 5.11. The molecule has 1 fully saturated rings. The molecule has 9 heteroatoms. The average Bonchev–Trinajstić information content (AvgIpc) is 2.75. The number of hydrazone groups is 1. The van der Waals surface area contributed by atoms with Crippen LogP contribution in [0.15, 0.2) is 47.6 Å². The molecule has 0 spiro atoms. The monoisotopic (exact) mass is 509 g/mol. The maximum atomic E-state index is 12.1. The molecule has 29 heavy (non-hydrogen) atoms. The van der Waals surface area contributed by atoms with E-state index in [9.17, 15) is 14.7 Å². The van der Waals surface area contributed by atoms with Crippen LogP contribution in [0.2, 0.25) is 0 Å². The molecule has 0 bridgehead atoms.